The minimum atomic E-state index is -0.982. The molecule has 1 rings (SSSR count). The molecule has 5 nitrogen and oxygen atoms in total. The molecule has 0 aliphatic carbocycles. The normalized spacial score (nSPS) is 10.5. The minimum absolute atomic E-state index is 0.193. The van der Waals surface area contributed by atoms with Crippen molar-refractivity contribution in [2.45, 2.75) is 19.9 Å². The van der Waals surface area contributed by atoms with Crippen molar-refractivity contribution in [1.29, 1.82) is 0 Å². The van der Waals surface area contributed by atoms with Crippen LogP contribution in [0.15, 0.2) is 24.3 Å². The molecule has 0 bridgehead atoms. The van der Waals surface area contributed by atoms with Gasteiger partial charge in [-0.3, -0.25) is 5.21 Å². The number of rotatable bonds is 5. The topological polar surface area (TPSA) is 72.8 Å². The highest BCUT2D eigenvalue weighted by molar-refractivity contribution is 7.98. The van der Waals surface area contributed by atoms with Gasteiger partial charge in [-0.15, -0.1) is 0 Å². The molecule has 16 heavy (non-hydrogen) atoms. The van der Waals surface area contributed by atoms with Gasteiger partial charge in [0.25, 0.3) is 0 Å². The maximum atomic E-state index is 10.6. The van der Waals surface area contributed by atoms with Crippen molar-refractivity contribution in [3.63, 3.8) is 0 Å². The van der Waals surface area contributed by atoms with Crippen LogP contribution in [0.3, 0.4) is 0 Å². The largest absolute Gasteiger partial charge is 0.478 e. The Hall–Kier alpha value is -1.24. The van der Waals surface area contributed by atoms with Gasteiger partial charge < -0.3 is 5.11 Å². The van der Waals surface area contributed by atoms with Gasteiger partial charge in [-0.05, 0) is 38.1 Å². The van der Waals surface area contributed by atoms with Crippen LogP contribution in [0.1, 0.15) is 24.2 Å². The van der Waals surface area contributed by atoms with Crippen LogP contribution in [0.2, 0.25) is 0 Å². The van der Waals surface area contributed by atoms with Crippen LogP contribution in [0.25, 0.3) is 0 Å². The summed E-state index contributed by atoms with van der Waals surface area (Å²) in [7, 11) is 0. The third-order valence-corrected chi connectivity index (χ3v) is 2.67. The first-order chi connectivity index (χ1) is 7.50. The Morgan fingerprint density at radius 3 is 2.38 bits per heavy atom. The average molecular weight is 242 g/mol. The number of carboxylic acids is 1. The Balaban J connectivity index is 2.63. The third kappa shape index (κ3) is 3.73. The summed E-state index contributed by atoms with van der Waals surface area (Å²) in [6.45, 7) is 3.91. The second kappa shape index (κ2) is 5.74. The van der Waals surface area contributed by atoms with E-state index in [1.54, 1.807) is 12.1 Å². The summed E-state index contributed by atoms with van der Waals surface area (Å²) in [6.07, 6.45) is 0. The summed E-state index contributed by atoms with van der Waals surface area (Å²) in [5.41, 5.74) is 0.710. The van der Waals surface area contributed by atoms with Crippen LogP contribution in [0.4, 0.5) is 5.69 Å². The van der Waals surface area contributed by atoms with Gasteiger partial charge in [-0.1, -0.05) is 0 Å². The molecule has 0 spiro atoms. The maximum absolute atomic E-state index is 10.6. The van der Waals surface area contributed by atoms with Crippen molar-refractivity contribution in [1.82, 2.24) is 4.72 Å². The number of carbonyl (C=O) groups is 1. The number of hydrogen-bond acceptors (Lipinski definition) is 5. The van der Waals surface area contributed by atoms with Crippen molar-refractivity contribution >= 4 is 23.8 Å². The number of nitrogens with one attached hydrogen (secondary N) is 1. The molecule has 6 heteroatoms. The van der Waals surface area contributed by atoms with E-state index in [1.165, 1.54) is 12.1 Å². The zero-order chi connectivity index (χ0) is 12.1. The molecule has 0 aliphatic heterocycles. The zero-order valence-electron chi connectivity index (χ0n) is 9.04. The minimum Gasteiger partial charge on any atom is -0.478 e. The maximum Gasteiger partial charge on any atom is 0.335 e. The Kier molecular flexibility index (Phi) is 4.60. The fraction of sp³-hybridized carbons (Fsp3) is 0.300. The molecule has 0 unspecified atom stereocenters. The van der Waals surface area contributed by atoms with Gasteiger partial charge in [0.2, 0.25) is 0 Å². The third-order valence-electron chi connectivity index (χ3n) is 1.71. The molecule has 0 heterocycles. The zero-order valence-corrected chi connectivity index (χ0v) is 9.86. The number of nitrogens with zero attached hydrogens (tertiary/aromatic N) is 1. The molecular formula is C10H14N2O3S. The van der Waals surface area contributed by atoms with Gasteiger partial charge in [-0.2, -0.15) is 4.47 Å². The van der Waals surface area contributed by atoms with Gasteiger partial charge in [0.05, 0.1) is 23.4 Å². The molecule has 88 valence electrons. The number of anilines is 1. The van der Waals surface area contributed by atoms with Gasteiger partial charge in [0.1, 0.15) is 0 Å². The molecular weight excluding hydrogens is 228 g/mol. The van der Waals surface area contributed by atoms with E-state index in [-0.39, 0.29) is 11.6 Å². The summed E-state index contributed by atoms with van der Waals surface area (Å²) in [6, 6.07) is 6.20. The molecule has 0 aromatic heterocycles. The molecule has 0 saturated carbocycles. The monoisotopic (exact) mass is 242 g/mol. The molecule has 1 aromatic rings. The lowest BCUT2D eigenvalue weighted by Gasteiger charge is -2.16. The van der Waals surface area contributed by atoms with Gasteiger partial charge >= 0.3 is 5.97 Å². The fourth-order valence-corrected chi connectivity index (χ4v) is 1.48. The van der Waals surface area contributed by atoms with E-state index in [0.717, 1.165) is 16.6 Å². The van der Waals surface area contributed by atoms with Crippen molar-refractivity contribution in [2.24, 2.45) is 0 Å². The van der Waals surface area contributed by atoms with E-state index in [2.05, 4.69) is 4.72 Å². The Morgan fingerprint density at radius 1 is 1.38 bits per heavy atom. The molecule has 0 amide bonds. The van der Waals surface area contributed by atoms with E-state index in [4.69, 9.17) is 5.11 Å². The second-order valence-corrected chi connectivity index (χ2v) is 4.25. The molecule has 3 N–H and O–H groups in total. The lowest BCUT2D eigenvalue weighted by Crippen LogP contribution is -2.22. The van der Waals surface area contributed by atoms with Crippen LogP contribution in [0.5, 0.6) is 0 Å². The standard InChI is InChI=1S/C10H14N2O3S/c1-7(2)11-16-12(15)9-5-3-8(4-6-9)10(13)14/h3-7,11,15H,1-2H3,(H,13,14). The van der Waals surface area contributed by atoms with Gasteiger partial charge in [0.15, 0.2) is 0 Å². The Morgan fingerprint density at radius 2 is 1.94 bits per heavy atom. The van der Waals surface area contributed by atoms with E-state index in [1.807, 2.05) is 13.8 Å². The second-order valence-electron chi connectivity index (χ2n) is 3.49. The van der Waals surface area contributed by atoms with E-state index in [9.17, 15) is 10.0 Å². The van der Waals surface area contributed by atoms with E-state index < -0.39 is 5.97 Å². The smallest absolute Gasteiger partial charge is 0.335 e. The molecule has 0 saturated heterocycles. The van der Waals surface area contributed by atoms with Gasteiger partial charge in [0, 0.05) is 6.04 Å². The van der Waals surface area contributed by atoms with Crippen LogP contribution < -0.4 is 9.19 Å². The van der Waals surface area contributed by atoms with Crippen molar-refractivity contribution in [2.75, 3.05) is 4.47 Å². The lowest BCUT2D eigenvalue weighted by atomic mass is 10.2. The highest BCUT2D eigenvalue weighted by Crippen LogP contribution is 2.19. The highest BCUT2D eigenvalue weighted by atomic mass is 32.2. The van der Waals surface area contributed by atoms with Crippen molar-refractivity contribution in [3.05, 3.63) is 29.8 Å². The summed E-state index contributed by atoms with van der Waals surface area (Å²) < 4.78 is 3.91. The number of aromatic carboxylic acids is 1. The number of benzene rings is 1. The summed E-state index contributed by atoms with van der Waals surface area (Å²) in [5, 5.41) is 18.3. The average Bonchev–Trinajstić information content (AvgIpc) is 2.26. The van der Waals surface area contributed by atoms with Crippen LogP contribution in [-0.2, 0) is 0 Å². The van der Waals surface area contributed by atoms with Crippen molar-refractivity contribution in [3.8, 4) is 0 Å². The first-order valence-electron chi connectivity index (χ1n) is 4.75. The number of hydrogen-bond donors (Lipinski definition) is 3. The first-order valence-corrected chi connectivity index (χ1v) is 5.53. The number of carboxylic acid groups (broad SMARTS) is 1. The molecule has 0 fully saturated rings. The quantitative estimate of drug-likeness (QED) is 0.542. The molecule has 1 aromatic carbocycles. The van der Waals surface area contributed by atoms with Crippen LogP contribution >= 0.6 is 12.1 Å². The molecule has 0 radical (unpaired) electrons. The Labute approximate surface area is 98.3 Å². The molecule has 0 aliphatic rings. The SMILES string of the molecule is CC(C)NSN(O)c1ccc(C(=O)O)cc1. The van der Waals surface area contributed by atoms with E-state index >= 15 is 0 Å². The fourth-order valence-electron chi connectivity index (χ4n) is 0.940. The Bertz CT molecular complexity index is 354. The molecule has 0 atom stereocenters. The first kappa shape index (κ1) is 12.8. The summed E-state index contributed by atoms with van der Waals surface area (Å²) in [4.78, 5) is 10.6. The lowest BCUT2D eigenvalue weighted by molar-refractivity contribution is 0.0697. The predicted octanol–water partition coefficient (Wildman–Crippen LogP) is 2.14. The van der Waals surface area contributed by atoms with Crippen LogP contribution in [0, 0.1) is 0 Å². The highest BCUT2D eigenvalue weighted by Gasteiger charge is 2.07. The van der Waals surface area contributed by atoms with Gasteiger partial charge in [-0.25, -0.2) is 9.52 Å². The van der Waals surface area contributed by atoms with Crippen LogP contribution in [-0.4, -0.2) is 22.3 Å². The summed E-state index contributed by atoms with van der Waals surface area (Å²) in [5.74, 6) is -0.982. The summed E-state index contributed by atoms with van der Waals surface area (Å²) >= 11 is 1.04. The van der Waals surface area contributed by atoms with Crippen molar-refractivity contribution < 1.29 is 15.1 Å². The predicted molar refractivity (Wildman–Crippen MR) is 63.5 cm³/mol. The van der Waals surface area contributed by atoms with E-state index in [0.29, 0.717) is 5.69 Å².